The summed E-state index contributed by atoms with van der Waals surface area (Å²) in [5, 5.41) is 25.4. The van der Waals surface area contributed by atoms with Crippen molar-refractivity contribution in [2.24, 2.45) is 5.92 Å². The Kier molecular flexibility index (Phi) is 7.84. The molecule has 1 fully saturated rings. The highest BCUT2D eigenvalue weighted by Crippen LogP contribution is 2.60. The number of nitrogens with zero attached hydrogens (tertiary/aromatic N) is 2. The number of benzene rings is 3. The normalized spacial score (nSPS) is 22.7. The zero-order valence-electron chi connectivity index (χ0n) is 25.2. The van der Waals surface area contributed by atoms with Crippen LogP contribution >= 0.6 is 0 Å². The van der Waals surface area contributed by atoms with Crippen LogP contribution in [0.1, 0.15) is 30.0 Å². The smallest absolute Gasteiger partial charge is 0.269 e. The van der Waals surface area contributed by atoms with Crippen LogP contribution in [-0.2, 0) is 32.9 Å². The molecule has 0 radical (unpaired) electrons. The first-order valence-corrected chi connectivity index (χ1v) is 17.9. The lowest BCUT2D eigenvalue weighted by Gasteiger charge is -2.31. The summed E-state index contributed by atoms with van der Waals surface area (Å²) in [4.78, 5) is 43.1. The van der Waals surface area contributed by atoms with Crippen molar-refractivity contribution in [2.75, 3.05) is 16.8 Å². The topological polar surface area (TPSA) is 138 Å². The second-order valence-electron chi connectivity index (χ2n) is 12.4. The number of aliphatic hydroxyl groups is 1. The molecule has 45 heavy (non-hydrogen) atoms. The molecule has 3 aromatic carbocycles. The molecule has 234 valence electrons. The fourth-order valence-electron chi connectivity index (χ4n) is 7.24. The van der Waals surface area contributed by atoms with Gasteiger partial charge in [-0.05, 0) is 54.9 Å². The molecular formula is C33H35FN4O6Si. The summed E-state index contributed by atoms with van der Waals surface area (Å²) in [5.41, 5.74) is 1.62. The maximum atomic E-state index is 15.7. The van der Waals surface area contributed by atoms with Crippen LogP contribution in [0.2, 0.25) is 18.6 Å². The fourth-order valence-corrected chi connectivity index (χ4v) is 9.78. The third-order valence-electron chi connectivity index (χ3n) is 9.17. The molecule has 3 N–H and O–H groups in total. The number of amides is 2. The van der Waals surface area contributed by atoms with Crippen molar-refractivity contribution in [1.29, 1.82) is 0 Å². The Morgan fingerprint density at radius 3 is 2.60 bits per heavy atom. The minimum atomic E-state index is -3.40. The number of nitro benzene ring substituents is 1. The number of aromatic amines is 1. The lowest BCUT2D eigenvalue weighted by Crippen LogP contribution is -2.45. The molecule has 0 unspecified atom stereocenters. The van der Waals surface area contributed by atoms with Crippen LogP contribution in [0, 0.1) is 16.0 Å². The molecule has 3 heterocycles. The number of rotatable bonds is 9. The molecule has 2 aliphatic heterocycles. The number of carbonyl (C=O) groups excluding carboxylic acids is 2. The van der Waals surface area contributed by atoms with Crippen LogP contribution in [0.4, 0.5) is 21.2 Å². The highest BCUT2D eigenvalue weighted by atomic mass is 28.4. The summed E-state index contributed by atoms with van der Waals surface area (Å²) in [5.74, 6) is -1.20. The molecule has 6 rings (SSSR count). The van der Waals surface area contributed by atoms with Crippen LogP contribution in [-0.4, -0.2) is 47.9 Å². The molecule has 12 heteroatoms. The molecule has 2 amide bonds. The van der Waals surface area contributed by atoms with Crippen molar-refractivity contribution in [1.82, 2.24) is 4.98 Å². The van der Waals surface area contributed by atoms with Gasteiger partial charge in [0, 0.05) is 58.5 Å². The molecule has 0 bridgehead atoms. The van der Waals surface area contributed by atoms with Crippen LogP contribution in [0.25, 0.3) is 10.9 Å². The lowest BCUT2D eigenvalue weighted by molar-refractivity contribution is -0.385. The van der Waals surface area contributed by atoms with E-state index in [9.17, 15) is 24.8 Å². The van der Waals surface area contributed by atoms with Crippen LogP contribution in [0.15, 0.2) is 72.9 Å². The molecule has 0 saturated carbocycles. The number of hydrogen-bond acceptors (Lipinski definition) is 6. The quantitative estimate of drug-likeness (QED) is 0.0903. The first-order chi connectivity index (χ1) is 21.4. The van der Waals surface area contributed by atoms with Crippen molar-refractivity contribution >= 4 is 48.2 Å². The Hall–Kier alpha value is -4.39. The van der Waals surface area contributed by atoms with E-state index in [2.05, 4.69) is 10.3 Å². The number of non-ortho nitro benzene ring substituents is 1. The number of halogens is 1. The predicted molar refractivity (Wildman–Crippen MR) is 171 cm³/mol. The maximum absolute atomic E-state index is 15.7. The van der Waals surface area contributed by atoms with E-state index in [1.807, 2.05) is 30.5 Å². The predicted octanol–water partition coefficient (Wildman–Crippen LogP) is 5.96. The lowest BCUT2D eigenvalue weighted by atomic mass is 9.82. The van der Waals surface area contributed by atoms with Crippen molar-refractivity contribution in [3.63, 3.8) is 0 Å². The molecule has 4 atom stereocenters. The Bertz CT molecular complexity index is 1790. The van der Waals surface area contributed by atoms with Gasteiger partial charge in [-0.15, -0.1) is 0 Å². The van der Waals surface area contributed by atoms with E-state index in [1.54, 1.807) is 50.3 Å². The van der Waals surface area contributed by atoms with Gasteiger partial charge in [0.05, 0.1) is 29.7 Å². The van der Waals surface area contributed by atoms with E-state index < -0.39 is 42.4 Å². The molecule has 0 aliphatic carbocycles. The number of aliphatic hydroxyl groups excluding tert-OH is 1. The number of carbonyl (C=O) groups is 2. The molecule has 4 aromatic rings. The number of nitrogens with one attached hydrogen (secondary N) is 2. The number of fused-ring (bicyclic) bond motifs is 3. The molecule has 1 aromatic heterocycles. The van der Waals surface area contributed by atoms with Crippen molar-refractivity contribution in [3.8, 4) is 0 Å². The van der Waals surface area contributed by atoms with E-state index in [0.717, 1.165) is 22.0 Å². The van der Waals surface area contributed by atoms with Gasteiger partial charge in [0.2, 0.25) is 14.3 Å². The van der Waals surface area contributed by atoms with Gasteiger partial charge in [0.25, 0.3) is 11.6 Å². The highest BCUT2D eigenvalue weighted by molar-refractivity contribution is 6.72. The first-order valence-electron chi connectivity index (χ1n) is 15.0. The van der Waals surface area contributed by atoms with Crippen LogP contribution in [0.3, 0.4) is 0 Å². The van der Waals surface area contributed by atoms with E-state index in [0.29, 0.717) is 16.9 Å². The van der Waals surface area contributed by atoms with E-state index in [1.165, 1.54) is 17.0 Å². The van der Waals surface area contributed by atoms with Crippen LogP contribution in [0.5, 0.6) is 0 Å². The molecule has 2 aliphatic rings. The maximum Gasteiger partial charge on any atom is 0.269 e. The van der Waals surface area contributed by atoms with Gasteiger partial charge < -0.3 is 29.2 Å². The van der Waals surface area contributed by atoms with Crippen molar-refractivity contribution in [2.45, 2.75) is 56.7 Å². The first kappa shape index (κ1) is 30.6. The van der Waals surface area contributed by atoms with Crippen molar-refractivity contribution in [3.05, 3.63) is 99.7 Å². The van der Waals surface area contributed by atoms with Gasteiger partial charge in [-0.2, -0.15) is 0 Å². The zero-order chi connectivity index (χ0) is 32.1. The summed E-state index contributed by atoms with van der Waals surface area (Å²) < 4.78 is 22.2. The third-order valence-corrected chi connectivity index (χ3v) is 11.6. The Labute approximate surface area is 260 Å². The fraction of sp³-hybridized carbons (Fsp3) is 0.333. The van der Waals surface area contributed by atoms with Gasteiger partial charge in [-0.1, -0.05) is 37.3 Å². The highest BCUT2D eigenvalue weighted by Gasteiger charge is 2.66. The minimum Gasteiger partial charge on any atom is -0.396 e. The number of para-hydroxylation sites is 1. The SMILES string of the molecule is C[C@@H]1[C@@H]([Si](C)(C)F)[C@H](CCO)O[C@@]12C(=O)N(Cc1ccc(NC(=O)Cc3c[nH]c4ccccc34)cc1)c1ccc([N+](=O)[O-])cc12. The zero-order valence-corrected chi connectivity index (χ0v) is 26.2. The monoisotopic (exact) mass is 630 g/mol. The number of H-pyrrole nitrogens is 1. The van der Waals surface area contributed by atoms with Gasteiger partial charge in [-0.25, -0.2) is 0 Å². The Morgan fingerprint density at radius 2 is 1.91 bits per heavy atom. The number of ether oxygens (including phenoxy) is 1. The summed E-state index contributed by atoms with van der Waals surface area (Å²) in [6.45, 7) is 4.80. The van der Waals surface area contributed by atoms with Gasteiger partial charge in [0.1, 0.15) is 0 Å². The number of nitro groups is 1. The minimum absolute atomic E-state index is 0.136. The van der Waals surface area contributed by atoms with Crippen molar-refractivity contribution < 1.29 is 28.5 Å². The second kappa shape index (κ2) is 11.5. The van der Waals surface area contributed by atoms with E-state index >= 15 is 4.11 Å². The summed E-state index contributed by atoms with van der Waals surface area (Å²) >= 11 is 0. The molecule has 1 spiro atoms. The molecule has 1 saturated heterocycles. The second-order valence-corrected chi connectivity index (χ2v) is 16.2. The summed E-state index contributed by atoms with van der Waals surface area (Å²) in [6, 6.07) is 19.2. The number of hydrogen-bond donors (Lipinski definition) is 3. The summed E-state index contributed by atoms with van der Waals surface area (Å²) in [6.07, 6.45) is 1.48. The largest absolute Gasteiger partial charge is 0.396 e. The van der Waals surface area contributed by atoms with E-state index in [4.69, 9.17) is 4.74 Å². The number of anilines is 2. The number of aromatic nitrogens is 1. The average Bonchev–Trinajstić information content (AvgIpc) is 3.61. The molecule has 10 nitrogen and oxygen atoms in total. The Morgan fingerprint density at radius 1 is 1.18 bits per heavy atom. The standard InChI is InChI=1S/C33H35FN4O6Si/c1-20-31(45(2,3)34)29(14-15-39)44-33(20)26-17-24(38(42)43)12-13-28(26)37(32(33)41)19-21-8-10-23(11-9-21)36-30(40)16-22-18-35-27-7-5-4-6-25(22)27/h4-13,17-18,20,29,31,35,39H,14-16,19H2,1-3H3,(H,36,40)/t20-,29+,31-,33+/m1/s1. The van der Waals surface area contributed by atoms with Gasteiger partial charge in [0.15, 0.2) is 5.60 Å². The van der Waals surface area contributed by atoms with Crippen LogP contribution < -0.4 is 10.2 Å². The summed E-state index contributed by atoms with van der Waals surface area (Å²) in [7, 11) is -3.40. The average molecular weight is 631 g/mol. The van der Waals surface area contributed by atoms with Gasteiger partial charge >= 0.3 is 0 Å². The molecular weight excluding hydrogens is 595 g/mol. The van der Waals surface area contributed by atoms with Gasteiger partial charge in [-0.3, -0.25) is 19.7 Å². The van der Waals surface area contributed by atoms with E-state index in [-0.39, 0.29) is 37.6 Å². The Balaban J connectivity index is 1.25. The third kappa shape index (κ3) is 5.32.